The van der Waals surface area contributed by atoms with Crippen LogP contribution in [0.3, 0.4) is 0 Å². The number of rotatable bonds is 11. The van der Waals surface area contributed by atoms with Crippen molar-refractivity contribution in [2.24, 2.45) is 0 Å². The van der Waals surface area contributed by atoms with E-state index in [1.54, 1.807) is 152 Å². The van der Waals surface area contributed by atoms with E-state index in [9.17, 15) is 24.0 Å². The Morgan fingerprint density at radius 2 is 0.684 bits per heavy atom. The van der Waals surface area contributed by atoms with E-state index in [1.807, 2.05) is 0 Å². The minimum Gasteiger partial charge on any atom is -0.446 e. The molecule has 0 aromatic heterocycles. The molecule has 1 saturated heterocycles. The summed E-state index contributed by atoms with van der Waals surface area (Å²) in [6.45, 7) is -0.648. The van der Waals surface area contributed by atoms with Crippen molar-refractivity contribution in [2.45, 2.75) is 30.7 Å². The number of anilines is 5. The highest BCUT2D eigenvalue weighted by molar-refractivity contribution is 5.87. The molecule has 5 atom stereocenters. The fourth-order valence-electron chi connectivity index (χ4n) is 5.49. The Hall–Kier alpha value is -7.59. The van der Waals surface area contributed by atoms with Crippen LogP contribution in [0.25, 0.3) is 0 Å². The highest BCUT2D eigenvalue weighted by atomic mass is 16.8. The molecule has 1 heterocycles. The smallest absolute Gasteiger partial charge is 0.414 e. The van der Waals surface area contributed by atoms with Crippen LogP contribution in [0, 0.1) is 0 Å². The van der Waals surface area contributed by atoms with E-state index in [-0.39, 0.29) is 0 Å². The Morgan fingerprint density at radius 1 is 0.386 bits per heavy atom. The third-order valence-electron chi connectivity index (χ3n) is 8.02. The maximum absolute atomic E-state index is 13.6. The molecule has 5 N–H and O–H groups in total. The summed E-state index contributed by atoms with van der Waals surface area (Å²) >= 11 is 0. The number of carbonyl (C=O) groups excluding carboxylic acids is 5. The molecule has 5 aromatic carbocycles. The lowest BCUT2D eigenvalue weighted by Crippen LogP contribution is -2.64. The Balaban J connectivity index is 1.34. The molecule has 0 unspecified atom stereocenters. The van der Waals surface area contributed by atoms with Gasteiger partial charge in [-0.3, -0.25) is 26.6 Å². The molecule has 1 aliphatic rings. The first kappa shape index (κ1) is 39.1. The number of nitrogens with one attached hydrogen (secondary N) is 5. The highest BCUT2D eigenvalue weighted by Gasteiger charge is 2.54. The molecule has 57 heavy (non-hydrogen) atoms. The molecular formula is C41H37N5O11. The number of ether oxygens (including phenoxy) is 6. The lowest BCUT2D eigenvalue weighted by molar-refractivity contribution is -0.279. The lowest BCUT2D eigenvalue weighted by atomic mass is 9.98. The van der Waals surface area contributed by atoms with Crippen LogP contribution in [0.4, 0.5) is 52.4 Å². The van der Waals surface area contributed by atoms with Gasteiger partial charge in [-0.2, -0.15) is 0 Å². The second-order valence-electron chi connectivity index (χ2n) is 12.1. The van der Waals surface area contributed by atoms with Gasteiger partial charge in [-0.05, 0) is 60.7 Å². The summed E-state index contributed by atoms with van der Waals surface area (Å²) in [6.07, 6.45) is -13.8. The minimum absolute atomic E-state index is 0.334. The highest BCUT2D eigenvalue weighted by Crippen LogP contribution is 2.31. The average molecular weight is 776 g/mol. The Labute approximate surface area is 326 Å². The summed E-state index contributed by atoms with van der Waals surface area (Å²) in [7, 11) is 0. The molecule has 0 saturated carbocycles. The van der Waals surface area contributed by atoms with E-state index in [0.29, 0.717) is 28.4 Å². The average Bonchev–Trinajstić information content (AvgIpc) is 3.21. The standard InChI is InChI=1S/C41H37N5O11/c47-37(42-27-16-6-1-7-17-27)52-26-32-33(54-38(48)43-28-18-8-2-9-19-28)34(55-39(49)44-29-20-10-3-11-21-29)35(56-40(50)45-30-22-12-4-13-23-30)36(53-32)57-41(51)46-31-24-14-5-15-25-31/h1-25,32-36H,26H2,(H,42,47)(H,43,48)(H,44,49)(H,45,50)(H,46,51)/t32-,33+,34-,35-,36-/m0/s1. The molecule has 6 rings (SSSR count). The number of amides is 5. The molecular weight excluding hydrogens is 738 g/mol. The summed E-state index contributed by atoms with van der Waals surface area (Å²) in [5, 5.41) is 12.8. The molecule has 16 nitrogen and oxygen atoms in total. The first-order valence-electron chi connectivity index (χ1n) is 17.5. The van der Waals surface area contributed by atoms with Gasteiger partial charge in [0.25, 0.3) is 0 Å². The van der Waals surface area contributed by atoms with Gasteiger partial charge >= 0.3 is 30.5 Å². The fourth-order valence-corrected chi connectivity index (χ4v) is 5.49. The summed E-state index contributed by atoms with van der Waals surface area (Å²) in [5.41, 5.74) is 1.79. The van der Waals surface area contributed by atoms with E-state index in [0.717, 1.165) is 0 Å². The maximum atomic E-state index is 13.6. The number of para-hydroxylation sites is 5. The molecule has 0 radical (unpaired) electrons. The predicted octanol–water partition coefficient (Wildman–Crippen LogP) is 8.06. The summed E-state index contributed by atoms with van der Waals surface area (Å²) in [6, 6.07) is 41.6. The van der Waals surface area contributed by atoms with Gasteiger partial charge in [0.1, 0.15) is 12.7 Å². The second-order valence-corrected chi connectivity index (χ2v) is 12.1. The molecule has 0 bridgehead atoms. The van der Waals surface area contributed by atoms with E-state index in [2.05, 4.69) is 26.6 Å². The SMILES string of the molecule is O=C(Nc1ccccc1)OC[C@@H]1O[C@@H](OC(=O)Nc2ccccc2)[C@@H](OC(=O)Nc2ccccc2)[C@@H](OC(=O)Nc2ccccc2)[C@@H]1OC(=O)Nc1ccccc1. The third kappa shape index (κ3) is 12.0. The zero-order chi connectivity index (χ0) is 39.8. The molecule has 292 valence electrons. The van der Waals surface area contributed by atoms with Crippen LogP contribution in [0.15, 0.2) is 152 Å². The normalized spacial score (nSPS) is 18.4. The summed E-state index contributed by atoms with van der Waals surface area (Å²) in [4.78, 5) is 66.8. The van der Waals surface area contributed by atoms with Gasteiger partial charge in [0, 0.05) is 28.4 Å². The summed E-state index contributed by atoms with van der Waals surface area (Å²) < 4.78 is 34.8. The molecule has 16 heteroatoms. The monoisotopic (exact) mass is 775 g/mol. The van der Waals surface area contributed by atoms with Crippen LogP contribution in [-0.2, 0) is 28.4 Å². The van der Waals surface area contributed by atoms with Crippen molar-refractivity contribution in [1.82, 2.24) is 0 Å². The van der Waals surface area contributed by atoms with Crippen LogP contribution in [0.1, 0.15) is 0 Å². The lowest BCUT2D eigenvalue weighted by Gasteiger charge is -2.43. The Kier molecular flexibility index (Phi) is 13.5. The third-order valence-corrected chi connectivity index (χ3v) is 8.02. The fraction of sp³-hybridized carbons (Fsp3) is 0.146. The number of benzene rings is 5. The van der Waals surface area contributed by atoms with Crippen molar-refractivity contribution in [3.05, 3.63) is 152 Å². The van der Waals surface area contributed by atoms with Gasteiger partial charge in [0.05, 0.1) is 0 Å². The van der Waals surface area contributed by atoms with Crippen molar-refractivity contribution in [3.8, 4) is 0 Å². The van der Waals surface area contributed by atoms with Gasteiger partial charge in [0.2, 0.25) is 12.4 Å². The van der Waals surface area contributed by atoms with E-state index in [4.69, 9.17) is 28.4 Å². The molecule has 1 fully saturated rings. The van der Waals surface area contributed by atoms with Crippen molar-refractivity contribution in [1.29, 1.82) is 0 Å². The molecule has 1 aliphatic heterocycles. The van der Waals surface area contributed by atoms with Crippen LogP contribution in [0.2, 0.25) is 0 Å². The topological polar surface area (TPSA) is 201 Å². The number of carbonyl (C=O) groups is 5. The van der Waals surface area contributed by atoms with Crippen molar-refractivity contribution in [3.63, 3.8) is 0 Å². The largest absolute Gasteiger partial charge is 0.446 e. The Bertz CT molecular complexity index is 2080. The first-order valence-corrected chi connectivity index (χ1v) is 17.5. The van der Waals surface area contributed by atoms with Crippen LogP contribution >= 0.6 is 0 Å². The minimum atomic E-state index is -1.85. The zero-order valence-electron chi connectivity index (χ0n) is 30.0. The van der Waals surface area contributed by atoms with Crippen molar-refractivity contribution >= 4 is 58.9 Å². The zero-order valence-corrected chi connectivity index (χ0v) is 30.0. The predicted molar refractivity (Wildman–Crippen MR) is 208 cm³/mol. The summed E-state index contributed by atoms with van der Waals surface area (Å²) in [5.74, 6) is 0. The van der Waals surface area contributed by atoms with E-state index < -0.39 is 67.8 Å². The van der Waals surface area contributed by atoms with Crippen LogP contribution in [-0.4, -0.2) is 67.8 Å². The van der Waals surface area contributed by atoms with Gasteiger partial charge < -0.3 is 28.4 Å². The quantitative estimate of drug-likeness (QED) is 0.0813. The van der Waals surface area contributed by atoms with Crippen molar-refractivity contribution in [2.75, 3.05) is 33.2 Å². The maximum Gasteiger partial charge on any atom is 0.414 e. The van der Waals surface area contributed by atoms with Crippen LogP contribution < -0.4 is 26.6 Å². The Morgan fingerprint density at radius 3 is 1.05 bits per heavy atom. The number of hydrogen-bond donors (Lipinski definition) is 5. The molecule has 0 aliphatic carbocycles. The van der Waals surface area contributed by atoms with Gasteiger partial charge in [-0.15, -0.1) is 0 Å². The molecule has 5 amide bonds. The number of hydrogen-bond acceptors (Lipinski definition) is 11. The molecule has 5 aromatic rings. The van der Waals surface area contributed by atoms with Crippen molar-refractivity contribution < 1.29 is 52.4 Å². The second kappa shape index (κ2) is 19.7. The molecule has 0 spiro atoms. The van der Waals surface area contributed by atoms with Gasteiger partial charge in [-0.1, -0.05) is 91.0 Å². The van der Waals surface area contributed by atoms with E-state index in [1.165, 1.54) is 0 Å². The first-order chi connectivity index (χ1) is 27.8. The van der Waals surface area contributed by atoms with E-state index >= 15 is 0 Å². The van der Waals surface area contributed by atoms with Gasteiger partial charge in [0.15, 0.2) is 12.2 Å². The van der Waals surface area contributed by atoms with Gasteiger partial charge in [-0.25, -0.2) is 24.0 Å². The van der Waals surface area contributed by atoms with Crippen LogP contribution in [0.5, 0.6) is 0 Å².